The zero-order valence-corrected chi connectivity index (χ0v) is 14.4. The molecule has 0 aromatic heterocycles. The number of aliphatic hydroxyl groups is 1. The monoisotopic (exact) mass is 332 g/mol. The van der Waals surface area contributed by atoms with E-state index in [1.807, 2.05) is 0 Å². The molecular formula is C16H28O7. The highest BCUT2D eigenvalue weighted by Gasteiger charge is 2.37. The maximum Gasteiger partial charge on any atom is 0.308 e. The van der Waals surface area contributed by atoms with Crippen molar-refractivity contribution in [2.24, 2.45) is 0 Å². The van der Waals surface area contributed by atoms with Crippen molar-refractivity contribution in [3.8, 4) is 0 Å². The summed E-state index contributed by atoms with van der Waals surface area (Å²) in [6, 6.07) is 0. The molecule has 7 heteroatoms. The Labute approximate surface area is 137 Å². The van der Waals surface area contributed by atoms with Gasteiger partial charge in [0.05, 0.1) is 38.4 Å². The summed E-state index contributed by atoms with van der Waals surface area (Å²) < 4.78 is 21.0. The number of carbonyl (C=O) groups excluding carboxylic acids is 2. The quantitative estimate of drug-likeness (QED) is 0.532. The van der Waals surface area contributed by atoms with Crippen LogP contribution >= 0.6 is 0 Å². The van der Waals surface area contributed by atoms with Crippen LogP contribution in [0.4, 0.5) is 0 Å². The van der Waals surface area contributed by atoms with Crippen LogP contribution in [0.2, 0.25) is 0 Å². The minimum absolute atomic E-state index is 0.169. The Morgan fingerprint density at radius 2 is 1.96 bits per heavy atom. The highest BCUT2D eigenvalue weighted by atomic mass is 16.7. The third-order valence-corrected chi connectivity index (χ3v) is 3.57. The Hall–Kier alpha value is -1.18. The summed E-state index contributed by atoms with van der Waals surface area (Å²) in [4.78, 5) is 22.1. The Balaban J connectivity index is 2.41. The number of hydrogen-bond donors (Lipinski definition) is 1. The van der Waals surface area contributed by atoms with Crippen molar-refractivity contribution in [2.75, 3.05) is 13.7 Å². The molecule has 1 aliphatic heterocycles. The zero-order chi connectivity index (χ0) is 17.5. The summed E-state index contributed by atoms with van der Waals surface area (Å²) >= 11 is 0. The fourth-order valence-electron chi connectivity index (χ4n) is 2.71. The molecular weight excluding hydrogens is 304 g/mol. The lowest BCUT2D eigenvalue weighted by atomic mass is 9.99. The fourth-order valence-corrected chi connectivity index (χ4v) is 2.71. The second-order valence-electron chi connectivity index (χ2n) is 6.27. The van der Waals surface area contributed by atoms with Gasteiger partial charge >= 0.3 is 11.9 Å². The van der Waals surface area contributed by atoms with Gasteiger partial charge in [0.15, 0.2) is 5.79 Å². The molecule has 0 amide bonds. The van der Waals surface area contributed by atoms with E-state index in [-0.39, 0.29) is 30.6 Å². The molecule has 1 fully saturated rings. The first kappa shape index (κ1) is 19.9. The molecule has 1 saturated heterocycles. The lowest BCUT2D eigenvalue weighted by molar-refractivity contribution is -0.302. The first-order valence-corrected chi connectivity index (χ1v) is 7.95. The van der Waals surface area contributed by atoms with Gasteiger partial charge in [0.25, 0.3) is 0 Å². The van der Waals surface area contributed by atoms with Crippen LogP contribution in [0.25, 0.3) is 0 Å². The molecule has 0 saturated carbocycles. The maximum absolute atomic E-state index is 11.4. The molecule has 7 nitrogen and oxygen atoms in total. The number of rotatable bonds is 8. The number of esters is 2. The summed E-state index contributed by atoms with van der Waals surface area (Å²) in [6.45, 7) is 5.24. The van der Waals surface area contributed by atoms with Gasteiger partial charge in [-0.05, 0) is 33.1 Å². The third-order valence-electron chi connectivity index (χ3n) is 3.57. The number of aliphatic hydroxyl groups excluding tert-OH is 1. The number of ether oxygens (including phenoxy) is 4. The van der Waals surface area contributed by atoms with Crippen LogP contribution in [0.1, 0.15) is 52.9 Å². The lowest BCUT2D eigenvalue weighted by Crippen LogP contribution is -2.46. The van der Waals surface area contributed by atoms with Gasteiger partial charge in [-0.3, -0.25) is 9.59 Å². The van der Waals surface area contributed by atoms with E-state index in [0.717, 1.165) is 0 Å². The van der Waals surface area contributed by atoms with Crippen LogP contribution in [-0.2, 0) is 28.5 Å². The second-order valence-corrected chi connectivity index (χ2v) is 6.27. The van der Waals surface area contributed by atoms with Gasteiger partial charge < -0.3 is 24.1 Å². The minimum Gasteiger partial charge on any atom is -0.469 e. The van der Waals surface area contributed by atoms with Crippen LogP contribution in [0, 0.1) is 0 Å². The van der Waals surface area contributed by atoms with Crippen molar-refractivity contribution in [3.05, 3.63) is 0 Å². The predicted octanol–water partition coefficient (Wildman–Crippen LogP) is 1.55. The predicted molar refractivity (Wildman–Crippen MR) is 81.6 cm³/mol. The normalized spacial score (nSPS) is 24.7. The summed E-state index contributed by atoms with van der Waals surface area (Å²) in [5.41, 5.74) is 0. The minimum atomic E-state index is -0.806. The van der Waals surface area contributed by atoms with Gasteiger partial charge in [-0.1, -0.05) is 0 Å². The first-order valence-electron chi connectivity index (χ1n) is 7.95. The van der Waals surface area contributed by atoms with Gasteiger partial charge in [-0.15, -0.1) is 0 Å². The van der Waals surface area contributed by atoms with Gasteiger partial charge in [0.2, 0.25) is 0 Å². The van der Waals surface area contributed by atoms with Gasteiger partial charge in [0.1, 0.15) is 0 Å². The van der Waals surface area contributed by atoms with Gasteiger partial charge in [-0.2, -0.15) is 0 Å². The van der Waals surface area contributed by atoms with E-state index in [1.54, 1.807) is 13.8 Å². The van der Waals surface area contributed by atoms with E-state index in [2.05, 4.69) is 4.74 Å². The molecule has 0 spiro atoms. The molecule has 0 aromatic rings. The molecule has 1 rings (SSSR count). The van der Waals surface area contributed by atoms with Crippen molar-refractivity contribution < 1.29 is 33.6 Å². The fraction of sp³-hybridized carbons (Fsp3) is 0.875. The topological polar surface area (TPSA) is 91.3 Å². The SMILES string of the molecule is COC(=O)C[C@H]1C[C@@H](C[C@H](O)CCCOC(C)=O)OC(C)(C)O1. The highest BCUT2D eigenvalue weighted by molar-refractivity contribution is 5.69. The van der Waals surface area contributed by atoms with Crippen LogP contribution in [0.5, 0.6) is 0 Å². The zero-order valence-electron chi connectivity index (χ0n) is 14.4. The molecule has 0 unspecified atom stereocenters. The molecule has 23 heavy (non-hydrogen) atoms. The van der Waals surface area contributed by atoms with Crippen LogP contribution in [-0.4, -0.2) is 54.9 Å². The van der Waals surface area contributed by atoms with Crippen LogP contribution in [0.3, 0.4) is 0 Å². The Morgan fingerprint density at radius 1 is 1.30 bits per heavy atom. The van der Waals surface area contributed by atoms with Crippen molar-refractivity contribution in [3.63, 3.8) is 0 Å². The van der Waals surface area contributed by atoms with Crippen molar-refractivity contribution in [1.29, 1.82) is 0 Å². The number of hydrogen-bond acceptors (Lipinski definition) is 7. The lowest BCUT2D eigenvalue weighted by Gasteiger charge is -2.41. The average molecular weight is 332 g/mol. The molecule has 0 aromatic carbocycles. The van der Waals surface area contributed by atoms with Crippen LogP contribution < -0.4 is 0 Å². The van der Waals surface area contributed by atoms with Crippen molar-refractivity contribution in [2.45, 2.75) is 77.0 Å². The average Bonchev–Trinajstić information content (AvgIpc) is 2.41. The first-order chi connectivity index (χ1) is 10.7. The van der Waals surface area contributed by atoms with Crippen molar-refractivity contribution in [1.82, 2.24) is 0 Å². The summed E-state index contributed by atoms with van der Waals surface area (Å²) in [6.07, 6.45) is 1.23. The van der Waals surface area contributed by atoms with E-state index < -0.39 is 11.9 Å². The van der Waals surface area contributed by atoms with E-state index in [1.165, 1.54) is 14.0 Å². The third kappa shape index (κ3) is 8.29. The summed E-state index contributed by atoms with van der Waals surface area (Å²) in [5.74, 6) is -1.45. The molecule has 1 heterocycles. The number of methoxy groups -OCH3 is 1. The van der Waals surface area contributed by atoms with Gasteiger partial charge in [-0.25, -0.2) is 0 Å². The maximum atomic E-state index is 11.4. The van der Waals surface area contributed by atoms with Crippen molar-refractivity contribution >= 4 is 11.9 Å². The highest BCUT2D eigenvalue weighted by Crippen LogP contribution is 2.30. The standard InChI is InChI=1S/C16H28O7/c1-11(17)21-7-5-6-12(18)8-13-9-14(10-15(19)20-4)23-16(2,3)22-13/h12-14,18H,5-10H2,1-4H3/t12-,13-,14-/m1/s1. The Kier molecular flexibility index (Phi) is 7.94. The molecule has 3 atom stereocenters. The molecule has 134 valence electrons. The molecule has 0 radical (unpaired) electrons. The summed E-state index contributed by atoms with van der Waals surface area (Å²) in [7, 11) is 1.34. The van der Waals surface area contributed by atoms with E-state index >= 15 is 0 Å². The molecule has 1 aliphatic rings. The largest absolute Gasteiger partial charge is 0.469 e. The Bertz CT molecular complexity index is 394. The summed E-state index contributed by atoms with van der Waals surface area (Å²) in [5, 5.41) is 10.1. The molecule has 0 bridgehead atoms. The number of carbonyl (C=O) groups is 2. The smallest absolute Gasteiger partial charge is 0.308 e. The molecule has 0 aliphatic carbocycles. The van der Waals surface area contributed by atoms with Gasteiger partial charge in [0, 0.05) is 13.3 Å². The second kappa shape index (κ2) is 9.20. The van der Waals surface area contributed by atoms with Crippen LogP contribution in [0.15, 0.2) is 0 Å². The Morgan fingerprint density at radius 3 is 2.57 bits per heavy atom. The van der Waals surface area contributed by atoms with E-state index in [4.69, 9.17) is 14.2 Å². The van der Waals surface area contributed by atoms with E-state index in [0.29, 0.717) is 32.3 Å². The molecule has 1 N–H and O–H groups in total. The van der Waals surface area contributed by atoms with E-state index in [9.17, 15) is 14.7 Å².